The van der Waals surface area contributed by atoms with Crippen molar-refractivity contribution >= 4 is 23.5 Å². The number of pyridine rings is 1. The van der Waals surface area contributed by atoms with Crippen molar-refractivity contribution in [1.82, 2.24) is 10.3 Å². The third-order valence-corrected chi connectivity index (χ3v) is 5.71. The Balaban J connectivity index is 1.44. The molecule has 0 saturated carbocycles. The number of nitroso groups, excluding NO2 is 1. The molecule has 1 aromatic carbocycles. The highest BCUT2D eigenvalue weighted by Gasteiger charge is 2.32. The fourth-order valence-corrected chi connectivity index (χ4v) is 3.94. The van der Waals surface area contributed by atoms with Crippen molar-refractivity contribution < 1.29 is 18.7 Å². The second-order valence-electron chi connectivity index (χ2n) is 7.95. The summed E-state index contributed by atoms with van der Waals surface area (Å²) < 4.78 is 20.1. The molecule has 32 heavy (non-hydrogen) atoms. The van der Waals surface area contributed by atoms with E-state index in [9.17, 15) is 18.9 Å². The maximum absolute atomic E-state index is 14.9. The zero-order valence-electron chi connectivity index (χ0n) is 17.7. The molecular weight excluding hydrogens is 417 g/mol. The van der Waals surface area contributed by atoms with E-state index in [2.05, 4.69) is 20.4 Å². The van der Waals surface area contributed by atoms with E-state index < -0.39 is 18.0 Å². The van der Waals surface area contributed by atoms with Gasteiger partial charge in [0, 0.05) is 37.3 Å². The number of nitrogens with one attached hydrogen (secondary N) is 1. The van der Waals surface area contributed by atoms with Crippen molar-refractivity contribution in [2.75, 3.05) is 36.0 Å². The molecule has 3 heterocycles. The third kappa shape index (κ3) is 4.68. The smallest absolute Gasteiger partial charge is 0.414 e. The van der Waals surface area contributed by atoms with Crippen LogP contribution in [0.2, 0.25) is 0 Å². The maximum Gasteiger partial charge on any atom is 0.414 e. The van der Waals surface area contributed by atoms with Crippen LogP contribution in [0.1, 0.15) is 19.8 Å². The number of carbonyl (C=O) groups is 2. The lowest BCUT2D eigenvalue weighted by Gasteiger charge is -2.29. The van der Waals surface area contributed by atoms with Crippen molar-refractivity contribution in [2.24, 2.45) is 5.18 Å². The number of nitrogens with zero attached hydrogens (tertiary/aromatic N) is 4. The third-order valence-electron chi connectivity index (χ3n) is 5.71. The Hall–Kier alpha value is -3.56. The van der Waals surface area contributed by atoms with Gasteiger partial charge in [0.25, 0.3) is 0 Å². The van der Waals surface area contributed by atoms with Gasteiger partial charge in [0.2, 0.25) is 5.91 Å². The summed E-state index contributed by atoms with van der Waals surface area (Å²) in [5.41, 5.74) is 1.38. The number of benzene rings is 1. The molecule has 0 bridgehead atoms. The lowest BCUT2D eigenvalue weighted by atomic mass is 10.0. The number of hydrogen-bond acceptors (Lipinski definition) is 7. The van der Waals surface area contributed by atoms with Crippen LogP contribution in [0.25, 0.3) is 11.1 Å². The Kier molecular flexibility index (Phi) is 6.29. The fourth-order valence-electron chi connectivity index (χ4n) is 3.94. The Morgan fingerprint density at radius 1 is 1.28 bits per heavy atom. The van der Waals surface area contributed by atoms with E-state index in [1.165, 1.54) is 17.9 Å². The van der Waals surface area contributed by atoms with Gasteiger partial charge in [0.15, 0.2) is 0 Å². The molecule has 0 spiro atoms. The molecule has 4 rings (SSSR count). The topological polar surface area (TPSA) is 104 Å². The predicted octanol–water partition coefficient (Wildman–Crippen LogP) is 3.08. The summed E-state index contributed by atoms with van der Waals surface area (Å²) in [5.74, 6) is 0.0881. The number of anilines is 2. The lowest BCUT2D eigenvalue weighted by Crippen LogP contribution is -2.35. The molecule has 0 aliphatic carbocycles. The average molecular weight is 441 g/mol. The quantitative estimate of drug-likeness (QED) is 0.691. The van der Waals surface area contributed by atoms with Crippen molar-refractivity contribution in [1.29, 1.82) is 0 Å². The Labute approximate surface area is 184 Å². The number of amides is 2. The van der Waals surface area contributed by atoms with Gasteiger partial charge in [-0.1, -0.05) is 5.18 Å². The Morgan fingerprint density at radius 3 is 2.69 bits per heavy atom. The number of piperidine rings is 1. The van der Waals surface area contributed by atoms with Gasteiger partial charge in [-0.15, -0.1) is 0 Å². The molecule has 1 aromatic heterocycles. The first kappa shape index (κ1) is 21.7. The molecule has 2 aliphatic rings. The van der Waals surface area contributed by atoms with E-state index in [0.717, 1.165) is 5.82 Å². The minimum Gasteiger partial charge on any atom is -0.442 e. The summed E-state index contributed by atoms with van der Waals surface area (Å²) in [5, 5.41) is 5.72. The van der Waals surface area contributed by atoms with Crippen LogP contribution in [0.15, 0.2) is 41.7 Å². The Morgan fingerprint density at radius 2 is 2.06 bits per heavy atom. The number of ether oxygens (including phenoxy) is 1. The summed E-state index contributed by atoms with van der Waals surface area (Å²) >= 11 is 0. The molecule has 2 amide bonds. The second-order valence-corrected chi connectivity index (χ2v) is 7.95. The average Bonchev–Trinajstić information content (AvgIpc) is 3.18. The fraction of sp³-hybridized carbons (Fsp3) is 0.409. The van der Waals surface area contributed by atoms with Gasteiger partial charge in [-0.3, -0.25) is 9.69 Å². The first-order valence-electron chi connectivity index (χ1n) is 10.5. The maximum atomic E-state index is 14.9. The highest BCUT2D eigenvalue weighted by molar-refractivity contribution is 5.90. The van der Waals surface area contributed by atoms with Gasteiger partial charge in [-0.25, -0.2) is 14.2 Å². The first-order valence-corrected chi connectivity index (χ1v) is 10.5. The van der Waals surface area contributed by atoms with E-state index >= 15 is 0 Å². The minimum atomic E-state index is -0.577. The molecule has 9 nitrogen and oxygen atoms in total. The van der Waals surface area contributed by atoms with Gasteiger partial charge in [0.1, 0.15) is 17.7 Å². The highest BCUT2D eigenvalue weighted by atomic mass is 19.1. The monoisotopic (exact) mass is 441 g/mol. The molecule has 1 N–H and O–H groups in total. The SMILES string of the molecule is CC(=O)NC[C@H]1CN(c2ccc(-c3ccc(N4CCC(N=O)CC4)nc3)c(F)c2)C(=O)O1. The van der Waals surface area contributed by atoms with E-state index in [4.69, 9.17) is 4.74 Å². The van der Waals surface area contributed by atoms with Gasteiger partial charge in [0.05, 0.1) is 24.8 Å². The highest BCUT2D eigenvalue weighted by Crippen LogP contribution is 2.30. The van der Waals surface area contributed by atoms with Crippen LogP contribution in [0, 0.1) is 10.7 Å². The van der Waals surface area contributed by atoms with E-state index in [0.29, 0.717) is 42.7 Å². The molecule has 0 unspecified atom stereocenters. The van der Waals surface area contributed by atoms with E-state index in [-0.39, 0.29) is 25.0 Å². The number of hydrogen-bond donors (Lipinski definition) is 1. The van der Waals surface area contributed by atoms with E-state index in [1.54, 1.807) is 24.4 Å². The standard InChI is InChI=1S/C22H24FN5O4/c1-14(29)24-12-18-13-28(22(30)32-18)17-3-4-19(20(23)10-17)15-2-5-21(25-11-15)27-8-6-16(26-31)7-9-27/h2-5,10-11,16,18H,6-9,12-13H2,1H3,(H,24,29)/t18-/m0/s1. The van der Waals surface area contributed by atoms with Crippen LogP contribution in [0.5, 0.6) is 0 Å². The van der Waals surface area contributed by atoms with Crippen molar-refractivity contribution in [2.45, 2.75) is 31.9 Å². The lowest BCUT2D eigenvalue weighted by molar-refractivity contribution is -0.119. The van der Waals surface area contributed by atoms with Crippen LogP contribution < -0.4 is 15.1 Å². The zero-order chi connectivity index (χ0) is 22.7. The molecule has 2 saturated heterocycles. The van der Waals surface area contributed by atoms with Crippen molar-refractivity contribution in [3.8, 4) is 11.1 Å². The van der Waals surface area contributed by atoms with Crippen LogP contribution in [-0.2, 0) is 9.53 Å². The van der Waals surface area contributed by atoms with Crippen LogP contribution in [0.4, 0.5) is 20.7 Å². The molecule has 2 aromatic rings. The summed E-state index contributed by atoms with van der Waals surface area (Å²) in [4.78, 5) is 41.8. The van der Waals surface area contributed by atoms with Gasteiger partial charge < -0.3 is 15.0 Å². The largest absolute Gasteiger partial charge is 0.442 e. The van der Waals surface area contributed by atoms with Crippen molar-refractivity contribution in [3.05, 3.63) is 47.3 Å². The number of rotatable bonds is 6. The van der Waals surface area contributed by atoms with Crippen LogP contribution in [0.3, 0.4) is 0 Å². The van der Waals surface area contributed by atoms with Crippen LogP contribution in [-0.4, -0.2) is 55.3 Å². The number of carbonyl (C=O) groups excluding carboxylic acids is 2. The number of aromatic nitrogens is 1. The summed E-state index contributed by atoms with van der Waals surface area (Å²) in [6, 6.07) is 8.07. The number of halogens is 1. The molecule has 2 aliphatic heterocycles. The summed E-state index contributed by atoms with van der Waals surface area (Å²) in [6.45, 7) is 3.24. The molecule has 168 valence electrons. The normalized spacial score (nSPS) is 19.1. The first-order chi connectivity index (χ1) is 15.4. The van der Waals surface area contributed by atoms with Crippen LogP contribution >= 0.6 is 0 Å². The predicted molar refractivity (Wildman–Crippen MR) is 117 cm³/mol. The second kappa shape index (κ2) is 9.29. The molecule has 2 fully saturated rings. The molecule has 1 atom stereocenters. The molecule has 10 heteroatoms. The van der Waals surface area contributed by atoms with Gasteiger partial charge in [-0.05, 0) is 43.2 Å². The molecular formula is C22H24FN5O4. The number of cyclic esters (lactones) is 1. The van der Waals surface area contributed by atoms with Gasteiger partial charge in [-0.2, -0.15) is 4.91 Å². The van der Waals surface area contributed by atoms with Gasteiger partial charge >= 0.3 is 6.09 Å². The summed E-state index contributed by atoms with van der Waals surface area (Å²) in [6.07, 6.45) is 1.96. The molecule has 0 radical (unpaired) electrons. The van der Waals surface area contributed by atoms with E-state index in [1.807, 2.05) is 6.07 Å². The summed E-state index contributed by atoms with van der Waals surface area (Å²) in [7, 11) is 0. The minimum absolute atomic E-state index is 0.133. The Bertz CT molecular complexity index is 1010. The van der Waals surface area contributed by atoms with Crippen molar-refractivity contribution in [3.63, 3.8) is 0 Å². The zero-order valence-corrected chi connectivity index (χ0v) is 17.7.